The molecule has 1 fully saturated rings. The molecule has 1 N–H and O–H groups in total. The van der Waals surface area contributed by atoms with E-state index in [1.807, 2.05) is 0 Å². The lowest BCUT2D eigenvalue weighted by molar-refractivity contribution is -0.141. The number of esters is 1. The van der Waals surface area contributed by atoms with Crippen LogP contribution in [0.15, 0.2) is 36.4 Å². The van der Waals surface area contributed by atoms with Crippen molar-refractivity contribution in [2.45, 2.75) is 38.4 Å². The molecule has 0 aliphatic carbocycles. The number of nitrogens with zero attached hydrogens (tertiary/aromatic N) is 3. The van der Waals surface area contributed by atoms with Gasteiger partial charge in [0.1, 0.15) is 5.54 Å². The van der Waals surface area contributed by atoms with E-state index >= 15 is 0 Å². The first-order chi connectivity index (χ1) is 17.2. The van der Waals surface area contributed by atoms with Crippen molar-refractivity contribution in [1.29, 1.82) is 5.26 Å². The van der Waals surface area contributed by atoms with E-state index in [9.17, 15) is 27.6 Å². The van der Waals surface area contributed by atoms with E-state index in [1.54, 1.807) is 13.8 Å². The highest BCUT2D eigenvalue weighted by molar-refractivity contribution is 7.81. The van der Waals surface area contributed by atoms with Crippen LogP contribution in [0.4, 0.5) is 30.2 Å². The van der Waals surface area contributed by atoms with Gasteiger partial charge in [0, 0.05) is 12.1 Å². The number of carbonyl (C=O) groups excluding carboxylic acids is 3. The number of thiocarbonyl (C=S) groups is 1. The number of alkyl halides is 3. The summed E-state index contributed by atoms with van der Waals surface area (Å²) in [7, 11) is 1.20. The smallest absolute Gasteiger partial charge is 0.417 e. The van der Waals surface area contributed by atoms with E-state index in [-0.39, 0.29) is 34.4 Å². The van der Waals surface area contributed by atoms with E-state index < -0.39 is 40.6 Å². The summed E-state index contributed by atoms with van der Waals surface area (Å²) >= 11 is 11.7. The molecule has 1 aliphatic heterocycles. The third-order valence-electron chi connectivity index (χ3n) is 5.62. The minimum absolute atomic E-state index is 0.113. The number of nitrogens with one attached hydrogen (secondary N) is 1. The number of rotatable bonds is 6. The zero-order chi connectivity index (χ0) is 27.7. The van der Waals surface area contributed by atoms with E-state index in [2.05, 4.69) is 10.1 Å². The van der Waals surface area contributed by atoms with Crippen molar-refractivity contribution in [2.75, 3.05) is 22.2 Å². The van der Waals surface area contributed by atoms with Gasteiger partial charge in [-0.1, -0.05) is 11.6 Å². The summed E-state index contributed by atoms with van der Waals surface area (Å²) in [5.74, 6) is -1.68. The topological polar surface area (TPSA) is 103 Å². The lowest BCUT2D eigenvalue weighted by atomic mass is 10.0. The standard InChI is InChI=1S/C24H20ClF3N4O4S/c1-23(2)21(35)31(14-5-4-13(12-29)16(10-14)24(26,27)28)22(37)32(23)15-6-7-17(25)18(11-15)30-19(33)8-9-20(34)36-3/h4-7,10-11H,8-9H2,1-3H3,(H,30,33). The molecular formula is C24H20ClF3N4O4S. The summed E-state index contributed by atoms with van der Waals surface area (Å²) < 4.78 is 45.1. The average molecular weight is 553 g/mol. The Morgan fingerprint density at radius 1 is 1.16 bits per heavy atom. The maximum atomic E-state index is 13.5. The minimum atomic E-state index is -4.82. The van der Waals surface area contributed by atoms with Crippen LogP contribution in [0.25, 0.3) is 0 Å². The number of anilines is 3. The minimum Gasteiger partial charge on any atom is -0.469 e. The zero-order valence-electron chi connectivity index (χ0n) is 19.8. The largest absolute Gasteiger partial charge is 0.469 e. The van der Waals surface area contributed by atoms with Crippen LogP contribution in [0.2, 0.25) is 5.02 Å². The Hall–Kier alpha value is -3.69. The molecule has 1 aliphatic rings. The van der Waals surface area contributed by atoms with Crippen LogP contribution in [0.3, 0.4) is 0 Å². The molecule has 0 atom stereocenters. The van der Waals surface area contributed by atoms with E-state index in [0.717, 1.165) is 11.0 Å². The Labute approximate surface area is 220 Å². The van der Waals surface area contributed by atoms with E-state index in [1.165, 1.54) is 42.3 Å². The molecule has 0 unspecified atom stereocenters. The highest BCUT2D eigenvalue weighted by Gasteiger charge is 2.50. The van der Waals surface area contributed by atoms with Crippen LogP contribution in [0.5, 0.6) is 0 Å². The van der Waals surface area contributed by atoms with Crippen molar-refractivity contribution >= 4 is 63.8 Å². The number of halogens is 4. The molecule has 2 aromatic rings. The van der Waals surface area contributed by atoms with Gasteiger partial charge in [-0.25, -0.2) is 0 Å². The second-order valence-electron chi connectivity index (χ2n) is 8.45. The summed E-state index contributed by atoms with van der Waals surface area (Å²) in [5.41, 5.74) is -2.75. The van der Waals surface area contributed by atoms with Crippen molar-refractivity contribution < 1.29 is 32.3 Å². The Morgan fingerprint density at radius 3 is 2.41 bits per heavy atom. The molecule has 0 saturated carbocycles. The summed E-state index contributed by atoms with van der Waals surface area (Å²) in [5, 5.41) is 11.7. The first-order valence-electron chi connectivity index (χ1n) is 10.7. The van der Waals surface area contributed by atoms with Crippen LogP contribution in [0.1, 0.15) is 37.8 Å². The average Bonchev–Trinajstić information content (AvgIpc) is 3.01. The summed E-state index contributed by atoms with van der Waals surface area (Å²) in [6.45, 7) is 3.08. The maximum Gasteiger partial charge on any atom is 0.417 e. The highest BCUT2D eigenvalue weighted by Crippen LogP contribution is 2.40. The van der Waals surface area contributed by atoms with Gasteiger partial charge in [0.2, 0.25) is 5.91 Å². The number of ether oxygens (including phenoxy) is 1. The van der Waals surface area contributed by atoms with E-state index in [0.29, 0.717) is 11.8 Å². The fraction of sp³-hybridized carbons (Fsp3) is 0.292. The molecule has 2 amide bonds. The molecule has 3 rings (SSSR count). The van der Waals surface area contributed by atoms with Gasteiger partial charge >= 0.3 is 12.1 Å². The lowest BCUT2D eigenvalue weighted by Gasteiger charge is -2.30. The maximum absolute atomic E-state index is 13.5. The number of methoxy groups -OCH3 is 1. The molecule has 194 valence electrons. The Kier molecular flexibility index (Phi) is 7.80. The predicted octanol–water partition coefficient (Wildman–Crippen LogP) is 5.04. The predicted molar refractivity (Wildman–Crippen MR) is 134 cm³/mol. The second-order valence-corrected chi connectivity index (χ2v) is 9.22. The van der Waals surface area contributed by atoms with Crippen LogP contribution >= 0.6 is 23.8 Å². The van der Waals surface area contributed by atoms with Gasteiger partial charge in [-0.05, 0) is 62.5 Å². The number of amides is 2. The molecule has 0 bridgehead atoms. The third kappa shape index (κ3) is 5.52. The van der Waals surface area contributed by atoms with Crippen molar-refractivity contribution in [1.82, 2.24) is 0 Å². The van der Waals surface area contributed by atoms with Gasteiger partial charge in [-0.15, -0.1) is 0 Å². The van der Waals surface area contributed by atoms with Crippen molar-refractivity contribution in [2.24, 2.45) is 0 Å². The van der Waals surface area contributed by atoms with Crippen molar-refractivity contribution in [3.63, 3.8) is 0 Å². The molecule has 8 nitrogen and oxygen atoms in total. The highest BCUT2D eigenvalue weighted by atomic mass is 35.5. The van der Waals surface area contributed by atoms with Crippen molar-refractivity contribution in [3.05, 3.63) is 52.5 Å². The number of hydrogen-bond acceptors (Lipinski definition) is 6. The fourth-order valence-corrected chi connectivity index (χ4v) is 4.42. The first-order valence-corrected chi connectivity index (χ1v) is 11.5. The molecule has 37 heavy (non-hydrogen) atoms. The summed E-state index contributed by atoms with van der Waals surface area (Å²) in [6, 6.07) is 8.86. The fourth-order valence-electron chi connectivity index (χ4n) is 3.74. The normalized spacial score (nSPS) is 15.0. The molecule has 1 heterocycles. The molecule has 2 aromatic carbocycles. The van der Waals surface area contributed by atoms with Crippen LogP contribution < -0.4 is 15.1 Å². The molecule has 1 saturated heterocycles. The van der Waals surface area contributed by atoms with Crippen molar-refractivity contribution in [3.8, 4) is 6.07 Å². The Morgan fingerprint density at radius 2 is 1.81 bits per heavy atom. The van der Waals surface area contributed by atoms with Crippen LogP contribution in [-0.2, 0) is 25.3 Å². The van der Waals surface area contributed by atoms with Gasteiger partial charge in [-0.3, -0.25) is 19.3 Å². The summed E-state index contributed by atoms with van der Waals surface area (Å²) in [4.78, 5) is 39.3. The molecular weight excluding hydrogens is 533 g/mol. The third-order valence-corrected chi connectivity index (χ3v) is 6.32. The van der Waals surface area contributed by atoms with E-state index in [4.69, 9.17) is 29.1 Å². The first kappa shape index (κ1) is 27.9. The Bertz CT molecular complexity index is 1340. The molecule has 0 radical (unpaired) electrons. The Balaban J connectivity index is 1.98. The van der Waals surface area contributed by atoms with Gasteiger partial charge in [0.15, 0.2) is 5.11 Å². The van der Waals surface area contributed by atoms with Crippen LogP contribution in [0, 0.1) is 11.3 Å². The molecule has 0 spiro atoms. The molecule has 13 heteroatoms. The quantitative estimate of drug-likeness (QED) is 0.395. The van der Waals surface area contributed by atoms with Gasteiger partial charge in [-0.2, -0.15) is 18.4 Å². The SMILES string of the molecule is COC(=O)CCC(=O)Nc1cc(N2C(=S)N(c3ccc(C#N)c(C(F)(F)F)c3)C(=O)C2(C)C)ccc1Cl. The van der Waals surface area contributed by atoms with Crippen LogP contribution in [-0.4, -0.2) is 35.5 Å². The number of carbonyl (C=O) groups is 3. The lowest BCUT2D eigenvalue weighted by Crippen LogP contribution is -2.44. The van der Waals surface area contributed by atoms with Gasteiger partial charge in [0.05, 0.1) is 47.1 Å². The summed E-state index contributed by atoms with van der Waals surface area (Å²) in [6.07, 6.45) is -5.12. The monoisotopic (exact) mass is 552 g/mol. The number of benzene rings is 2. The number of hydrogen-bond donors (Lipinski definition) is 1. The second kappa shape index (κ2) is 10.4. The number of nitriles is 1. The molecule has 0 aromatic heterocycles. The van der Waals surface area contributed by atoms with Gasteiger partial charge < -0.3 is 15.0 Å². The van der Waals surface area contributed by atoms with Gasteiger partial charge in [0.25, 0.3) is 5.91 Å². The zero-order valence-corrected chi connectivity index (χ0v) is 21.3.